The smallest absolute Gasteiger partial charge is 0.338 e. The van der Waals surface area contributed by atoms with Gasteiger partial charge in [0.15, 0.2) is 5.54 Å². The number of fused-ring (bicyclic) bond motifs is 1. The van der Waals surface area contributed by atoms with Crippen LogP contribution in [0, 0.1) is 0 Å². The quantitative estimate of drug-likeness (QED) is 0.123. The first-order valence-electron chi connectivity index (χ1n) is 18.2. The van der Waals surface area contributed by atoms with Crippen LogP contribution < -0.4 is 0 Å². The molecule has 0 aliphatic heterocycles. The van der Waals surface area contributed by atoms with Crippen molar-refractivity contribution in [3.8, 4) is 22.5 Å². The predicted molar refractivity (Wildman–Crippen MR) is 211 cm³/mol. The number of carboxylic acid groups (broad SMARTS) is 1. The van der Waals surface area contributed by atoms with E-state index in [0.29, 0.717) is 29.0 Å². The topological polar surface area (TPSA) is 106 Å². The Labute approximate surface area is 313 Å². The molecule has 0 fully saturated rings. The van der Waals surface area contributed by atoms with Crippen LogP contribution in [-0.2, 0) is 12.1 Å². The number of hydrogen-bond donors (Lipinski definition) is 2. The molecule has 2 aromatic heterocycles. The molecule has 8 rings (SSSR count). The van der Waals surface area contributed by atoms with Gasteiger partial charge in [0.25, 0.3) is 0 Å². The Bertz CT molecular complexity index is 2430. The number of aromatic nitrogens is 5. The summed E-state index contributed by atoms with van der Waals surface area (Å²) in [5.41, 5.74) is 6.59. The zero-order valence-electron chi connectivity index (χ0n) is 29.8. The molecule has 1 unspecified atom stereocenters. The van der Waals surface area contributed by atoms with Gasteiger partial charge in [-0.05, 0) is 51.1 Å². The molecular weight excluding hydrogens is 671 g/mol. The van der Waals surface area contributed by atoms with Gasteiger partial charge in [-0.1, -0.05) is 171 Å². The van der Waals surface area contributed by atoms with E-state index in [1.165, 1.54) is 0 Å². The number of aromatic carboxylic acids is 1. The predicted octanol–water partition coefficient (Wildman–Crippen LogP) is 9.38. The molecule has 8 aromatic rings. The largest absolute Gasteiger partial charge is 0.478 e. The molecule has 0 saturated carbocycles. The van der Waals surface area contributed by atoms with Crippen LogP contribution in [0.5, 0.6) is 0 Å². The molecular formula is C46H39N5O3. The van der Waals surface area contributed by atoms with Crippen molar-refractivity contribution in [1.29, 1.82) is 0 Å². The maximum Gasteiger partial charge on any atom is 0.338 e. The van der Waals surface area contributed by atoms with Crippen molar-refractivity contribution in [3.05, 3.63) is 197 Å². The summed E-state index contributed by atoms with van der Waals surface area (Å²) in [6.07, 6.45) is 0.648. The molecule has 0 aliphatic carbocycles. The minimum Gasteiger partial charge on any atom is -0.478 e. The Balaban J connectivity index is 1.20. The summed E-state index contributed by atoms with van der Waals surface area (Å²) in [5.74, 6) is -0.592. The summed E-state index contributed by atoms with van der Waals surface area (Å²) in [4.78, 5) is 14.4. The highest BCUT2D eigenvalue weighted by Crippen LogP contribution is 2.41. The van der Waals surface area contributed by atoms with Gasteiger partial charge in [0.1, 0.15) is 6.10 Å². The zero-order chi connectivity index (χ0) is 37.1. The van der Waals surface area contributed by atoms with Gasteiger partial charge < -0.3 is 14.8 Å². The number of aliphatic hydroxyl groups excluding tert-OH is 1. The van der Waals surface area contributed by atoms with Crippen LogP contribution in [0.25, 0.3) is 33.4 Å². The summed E-state index contributed by atoms with van der Waals surface area (Å²) in [6, 6.07) is 53.7. The molecule has 6 aromatic carbocycles. The molecule has 0 radical (unpaired) electrons. The minimum absolute atomic E-state index is 0.135. The Morgan fingerprint density at radius 1 is 0.685 bits per heavy atom. The van der Waals surface area contributed by atoms with Crippen LogP contribution in [0.3, 0.4) is 0 Å². The first-order chi connectivity index (χ1) is 26.5. The van der Waals surface area contributed by atoms with Crippen LogP contribution >= 0.6 is 0 Å². The first-order valence-corrected chi connectivity index (χ1v) is 18.2. The molecule has 266 valence electrons. The molecule has 0 aliphatic rings. The highest BCUT2D eigenvalue weighted by Gasteiger charge is 2.41. The molecule has 54 heavy (non-hydrogen) atoms. The van der Waals surface area contributed by atoms with Gasteiger partial charge >= 0.3 is 5.97 Å². The number of aryl methyl sites for hydroxylation is 1. The lowest BCUT2D eigenvalue weighted by atomic mass is 9.77. The SMILES string of the molecule is CCCCn1c(C(O)c2ccc(-c3ccccc3-c3nnn(C(c4ccccc4)(c4ccccc4)c4ccccc4)n3)cc2)c(C(=O)O)c2ccccc21. The van der Waals surface area contributed by atoms with Crippen LogP contribution in [0.1, 0.15) is 64.2 Å². The minimum atomic E-state index is -1.15. The average Bonchev–Trinajstić information content (AvgIpc) is 3.85. The van der Waals surface area contributed by atoms with E-state index in [9.17, 15) is 15.0 Å². The molecule has 1 atom stereocenters. The van der Waals surface area contributed by atoms with Crippen molar-refractivity contribution >= 4 is 16.9 Å². The fourth-order valence-electron chi connectivity index (χ4n) is 7.67. The third-order valence-electron chi connectivity index (χ3n) is 10.2. The lowest BCUT2D eigenvalue weighted by molar-refractivity contribution is 0.0692. The van der Waals surface area contributed by atoms with Crippen LogP contribution in [0.2, 0.25) is 0 Å². The van der Waals surface area contributed by atoms with Gasteiger partial charge in [0.05, 0.1) is 11.3 Å². The van der Waals surface area contributed by atoms with E-state index < -0.39 is 17.6 Å². The van der Waals surface area contributed by atoms with Crippen molar-refractivity contribution in [1.82, 2.24) is 24.8 Å². The standard InChI is InChI=1S/C46H39N5O3/c1-2-3-31-50-40-26-16-15-25-39(40)41(45(53)54)42(50)43(52)33-29-27-32(28-30-33)37-23-13-14-24-38(37)44-47-49-51(48-44)46(34-17-7-4-8-18-34,35-19-9-5-10-20-35)36-21-11-6-12-22-36/h4-30,43,52H,2-3,31H2,1H3,(H,53,54). The van der Waals surface area contributed by atoms with E-state index in [1.807, 2.05) is 132 Å². The van der Waals surface area contributed by atoms with Gasteiger partial charge in [0.2, 0.25) is 5.82 Å². The fraction of sp³-hybridized carbons (Fsp3) is 0.130. The lowest BCUT2D eigenvalue weighted by Crippen LogP contribution is -2.39. The van der Waals surface area contributed by atoms with Gasteiger partial charge in [-0.3, -0.25) is 0 Å². The van der Waals surface area contributed by atoms with Gasteiger partial charge in [-0.25, -0.2) is 4.79 Å². The normalized spacial score (nSPS) is 12.2. The summed E-state index contributed by atoms with van der Waals surface area (Å²) in [6.45, 7) is 2.70. The fourth-order valence-corrected chi connectivity index (χ4v) is 7.67. The van der Waals surface area contributed by atoms with Crippen molar-refractivity contribution in [3.63, 3.8) is 0 Å². The zero-order valence-corrected chi connectivity index (χ0v) is 29.8. The van der Waals surface area contributed by atoms with E-state index >= 15 is 0 Å². The van der Waals surface area contributed by atoms with Gasteiger partial charge in [-0.15, -0.1) is 15.0 Å². The van der Waals surface area contributed by atoms with E-state index in [0.717, 1.165) is 51.7 Å². The number of carbonyl (C=O) groups is 1. The maximum atomic E-state index is 12.6. The molecule has 0 bridgehead atoms. The number of aliphatic hydroxyl groups is 1. The molecule has 8 nitrogen and oxygen atoms in total. The highest BCUT2D eigenvalue weighted by atomic mass is 16.4. The molecule has 0 amide bonds. The number of carboxylic acids is 1. The van der Waals surface area contributed by atoms with Crippen molar-refractivity contribution in [2.45, 2.75) is 38.0 Å². The van der Waals surface area contributed by atoms with Gasteiger partial charge in [-0.2, -0.15) is 0 Å². The Kier molecular flexibility index (Phi) is 9.42. The Hall–Kier alpha value is -6.64. The van der Waals surface area contributed by atoms with Crippen molar-refractivity contribution < 1.29 is 15.0 Å². The Morgan fingerprint density at radius 2 is 1.22 bits per heavy atom. The van der Waals surface area contributed by atoms with E-state index in [-0.39, 0.29) is 5.56 Å². The summed E-state index contributed by atoms with van der Waals surface area (Å²) in [5, 5.41) is 37.4. The van der Waals surface area contributed by atoms with E-state index in [4.69, 9.17) is 10.3 Å². The number of unbranched alkanes of at least 4 members (excludes halogenated alkanes) is 1. The Morgan fingerprint density at radius 3 is 1.80 bits per heavy atom. The number of rotatable bonds is 12. The summed E-state index contributed by atoms with van der Waals surface area (Å²) in [7, 11) is 0. The van der Waals surface area contributed by atoms with E-state index in [2.05, 4.69) is 48.4 Å². The average molecular weight is 710 g/mol. The number of hydrogen-bond acceptors (Lipinski definition) is 5. The van der Waals surface area contributed by atoms with Crippen molar-refractivity contribution in [2.75, 3.05) is 0 Å². The number of tetrazole rings is 1. The van der Waals surface area contributed by atoms with Crippen molar-refractivity contribution in [2.24, 2.45) is 0 Å². The molecule has 2 heterocycles. The second kappa shape index (κ2) is 14.8. The molecule has 0 saturated heterocycles. The van der Waals surface area contributed by atoms with Crippen LogP contribution in [0.15, 0.2) is 164 Å². The van der Waals surface area contributed by atoms with Crippen LogP contribution in [0.4, 0.5) is 0 Å². The number of para-hydroxylation sites is 1. The lowest BCUT2D eigenvalue weighted by Gasteiger charge is -2.34. The second-order valence-corrected chi connectivity index (χ2v) is 13.4. The third kappa shape index (κ3) is 5.96. The molecule has 8 heteroatoms. The maximum absolute atomic E-state index is 12.6. The van der Waals surface area contributed by atoms with Gasteiger partial charge in [0, 0.05) is 23.0 Å². The highest BCUT2D eigenvalue weighted by molar-refractivity contribution is 6.05. The molecule has 0 spiro atoms. The summed E-state index contributed by atoms with van der Waals surface area (Å²) < 4.78 is 1.96. The summed E-state index contributed by atoms with van der Waals surface area (Å²) >= 11 is 0. The molecule has 2 N–H and O–H groups in total. The third-order valence-corrected chi connectivity index (χ3v) is 10.2. The van der Waals surface area contributed by atoms with E-state index in [1.54, 1.807) is 4.80 Å². The number of benzene rings is 6. The second-order valence-electron chi connectivity index (χ2n) is 13.4. The monoisotopic (exact) mass is 709 g/mol. The van der Waals surface area contributed by atoms with Crippen LogP contribution in [-0.4, -0.2) is 41.0 Å². The first kappa shape index (κ1) is 34.4. The number of nitrogens with zero attached hydrogens (tertiary/aromatic N) is 5.